The minimum Gasteiger partial charge on any atom is -0.493 e. The van der Waals surface area contributed by atoms with Crippen molar-refractivity contribution in [1.82, 2.24) is 10.4 Å². The predicted octanol–water partition coefficient (Wildman–Crippen LogP) is 3.93. The molecule has 1 aliphatic carbocycles. The third kappa shape index (κ3) is 4.45. The highest BCUT2D eigenvalue weighted by Crippen LogP contribution is 2.32. The van der Waals surface area contributed by atoms with Crippen LogP contribution in [0.1, 0.15) is 31.2 Å². The van der Waals surface area contributed by atoms with E-state index >= 15 is 0 Å². The predicted molar refractivity (Wildman–Crippen MR) is 96.3 cm³/mol. The monoisotopic (exact) mass is 394 g/mol. The number of methoxy groups -OCH3 is 1. The fourth-order valence-electron chi connectivity index (χ4n) is 3.04. The molecule has 0 aromatic heterocycles. The van der Waals surface area contributed by atoms with Crippen molar-refractivity contribution in [2.24, 2.45) is 0 Å². The lowest BCUT2D eigenvalue weighted by Crippen LogP contribution is -2.26. The van der Waals surface area contributed by atoms with Crippen LogP contribution in [0.5, 0.6) is 11.5 Å². The number of benzene rings is 1. The molecule has 0 atom stereocenters. The molecule has 3 rings (SSSR count). The number of hydrogen-bond acceptors (Lipinski definition) is 5. The highest BCUT2D eigenvalue weighted by atomic mass is 79.9. The summed E-state index contributed by atoms with van der Waals surface area (Å²) in [6.07, 6.45) is 8.60. The number of allylic oxidation sites excluding steroid dienone is 2. The third-order valence-corrected chi connectivity index (χ3v) is 4.69. The van der Waals surface area contributed by atoms with E-state index in [1.807, 2.05) is 24.3 Å². The van der Waals surface area contributed by atoms with Gasteiger partial charge in [0.15, 0.2) is 11.5 Å². The first kappa shape index (κ1) is 17.2. The molecule has 0 saturated heterocycles. The zero-order valence-electron chi connectivity index (χ0n) is 13.8. The van der Waals surface area contributed by atoms with Crippen molar-refractivity contribution >= 4 is 15.9 Å². The molecule has 0 radical (unpaired) electrons. The van der Waals surface area contributed by atoms with E-state index in [1.54, 1.807) is 13.3 Å². The van der Waals surface area contributed by atoms with E-state index in [0.29, 0.717) is 19.2 Å². The zero-order valence-corrected chi connectivity index (χ0v) is 15.4. The standard InChI is InChI=1S/C18H23BrN2O3/c1-23-17-7-6-13(8-18(17)24-16-4-2-3-5-16)10-20-15-9-14(19)11-21(22)12-15/h6-9,11,16,20,22H,2-5,10,12H2,1H3. The Hall–Kier alpha value is -1.66. The second kappa shape index (κ2) is 7.94. The second-order valence-electron chi connectivity index (χ2n) is 6.14. The largest absolute Gasteiger partial charge is 0.493 e. The molecule has 0 bridgehead atoms. The van der Waals surface area contributed by atoms with Gasteiger partial charge in [0.05, 0.1) is 19.8 Å². The van der Waals surface area contributed by atoms with Gasteiger partial charge in [-0.1, -0.05) is 6.07 Å². The van der Waals surface area contributed by atoms with E-state index in [4.69, 9.17) is 9.47 Å². The van der Waals surface area contributed by atoms with Crippen molar-refractivity contribution in [3.63, 3.8) is 0 Å². The van der Waals surface area contributed by atoms with Gasteiger partial charge in [-0.3, -0.25) is 10.3 Å². The maximum Gasteiger partial charge on any atom is 0.161 e. The van der Waals surface area contributed by atoms with Gasteiger partial charge in [0.1, 0.15) is 0 Å². The summed E-state index contributed by atoms with van der Waals surface area (Å²) in [7, 11) is 1.67. The van der Waals surface area contributed by atoms with Crippen LogP contribution in [0.4, 0.5) is 0 Å². The van der Waals surface area contributed by atoms with Crippen molar-refractivity contribution in [2.75, 3.05) is 13.7 Å². The molecule has 1 aromatic carbocycles. The van der Waals surface area contributed by atoms with Crippen LogP contribution in [0.3, 0.4) is 0 Å². The van der Waals surface area contributed by atoms with Gasteiger partial charge in [-0.25, -0.2) is 0 Å². The zero-order chi connectivity index (χ0) is 16.9. The fourth-order valence-corrected chi connectivity index (χ4v) is 3.56. The molecule has 1 fully saturated rings. The molecule has 1 heterocycles. The van der Waals surface area contributed by atoms with E-state index in [-0.39, 0.29) is 0 Å². The lowest BCUT2D eigenvalue weighted by molar-refractivity contribution is -0.0344. The number of hydrogen-bond donors (Lipinski definition) is 2. The molecular formula is C18H23BrN2O3. The molecule has 130 valence electrons. The highest BCUT2D eigenvalue weighted by molar-refractivity contribution is 9.11. The fraction of sp³-hybridized carbons (Fsp3) is 0.444. The number of hydroxylamine groups is 2. The van der Waals surface area contributed by atoms with E-state index in [2.05, 4.69) is 21.2 Å². The van der Waals surface area contributed by atoms with Crippen molar-refractivity contribution in [1.29, 1.82) is 0 Å². The van der Waals surface area contributed by atoms with Crippen LogP contribution in [-0.2, 0) is 6.54 Å². The Morgan fingerprint density at radius 2 is 2.08 bits per heavy atom. The van der Waals surface area contributed by atoms with Crippen LogP contribution in [0.2, 0.25) is 0 Å². The second-order valence-corrected chi connectivity index (χ2v) is 7.06. The third-order valence-electron chi connectivity index (χ3n) is 4.26. The number of rotatable bonds is 6. The van der Waals surface area contributed by atoms with Gasteiger partial charge in [-0.05, 0) is 65.4 Å². The summed E-state index contributed by atoms with van der Waals surface area (Å²) in [5.41, 5.74) is 2.06. The molecule has 0 spiro atoms. The summed E-state index contributed by atoms with van der Waals surface area (Å²) >= 11 is 3.38. The molecule has 1 aliphatic heterocycles. The smallest absolute Gasteiger partial charge is 0.161 e. The van der Waals surface area contributed by atoms with Crippen molar-refractivity contribution < 1.29 is 14.7 Å². The number of nitrogens with one attached hydrogen (secondary N) is 1. The first-order valence-electron chi connectivity index (χ1n) is 8.25. The SMILES string of the molecule is COc1ccc(CNC2=CC(Br)=CN(O)C2)cc1OC1CCCC1. The van der Waals surface area contributed by atoms with Crippen LogP contribution in [0.25, 0.3) is 0 Å². The van der Waals surface area contributed by atoms with Gasteiger partial charge in [-0.15, -0.1) is 0 Å². The van der Waals surface area contributed by atoms with E-state index < -0.39 is 0 Å². The number of nitrogens with zero attached hydrogens (tertiary/aromatic N) is 1. The molecule has 1 aromatic rings. The highest BCUT2D eigenvalue weighted by Gasteiger charge is 2.18. The Balaban J connectivity index is 1.66. The molecule has 5 nitrogen and oxygen atoms in total. The first-order chi connectivity index (χ1) is 11.6. The van der Waals surface area contributed by atoms with E-state index in [1.165, 1.54) is 12.8 Å². The maximum absolute atomic E-state index is 9.63. The van der Waals surface area contributed by atoms with Crippen molar-refractivity contribution in [3.05, 3.63) is 46.2 Å². The number of halogens is 1. The molecule has 24 heavy (non-hydrogen) atoms. The molecule has 1 saturated carbocycles. The normalized spacial score (nSPS) is 18.2. The Morgan fingerprint density at radius 3 is 2.79 bits per heavy atom. The first-order valence-corrected chi connectivity index (χ1v) is 9.04. The summed E-state index contributed by atoms with van der Waals surface area (Å²) in [5, 5.41) is 14.1. The average molecular weight is 395 g/mol. The quantitative estimate of drug-likeness (QED) is 0.765. The molecular weight excluding hydrogens is 372 g/mol. The summed E-state index contributed by atoms with van der Waals surface area (Å²) in [6.45, 7) is 1.10. The van der Waals surface area contributed by atoms with Gasteiger partial charge >= 0.3 is 0 Å². The average Bonchev–Trinajstić information content (AvgIpc) is 3.05. The van der Waals surface area contributed by atoms with Gasteiger partial charge in [0.25, 0.3) is 0 Å². The van der Waals surface area contributed by atoms with Gasteiger partial charge < -0.3 is 14.8 Å². The van der Waals surface area contributed by atoms with Crippen LogP contribution in [0, 0.1) is 0 Å². The summed E-state index contributed by atoms with van der Waals surface area (Å²) in [6, 6.07) is 6.01. The van der Waals surface area contributed by atoms with Crippen LogP contribution < -0.4 is 14.8 Å². The summed E-state index contributed by atoms with van der Waals surface area (Å²) < 4.78 is 12.4. The van der Waals surface area contributed by atoms with Crippen LogP contribution >= 0.6 is 15.9 Å². The van der Waals surface area contributed by atoms with Gasteiger partial charge in [-0.2, -0.15) is 0 Å². The summed E-state index contributed by atoms with van der Waals surface area (Å²) in [4.78, 5) is 0. The minimum atomic E-state index is 0.298. The van der Waals surface area contributed by atoms with Crippen LogP contribution in [-0.4, -0.2) is 30.0 Å². The Bertz CT molecular complexity index is 639. The summed E-state index contributed by atoms with van der Waals surface area (Å²) in [5.74, 6) is 1.58. The van der Waals surface area contributed by atoms with Crippen LogP contribution in [0.15, 0.2) is 40.7 Å². The Labute approximate surface area is 151 Å². The van der Waals surface area contributed by atoms with E-state index in [0.717, 1.165) is 45.1 Å². The maximum atomic E-state index is 9.63. The molecule has 0 unspecified atom stereocenters. The molecule has 0 amide bonds. The van der Waals surface area contributed by atoms with Crippen molar-refractivity contribution in [2.45, 2.75) is 38.3 Å². The molecule has 2 aliphatic rings. The van der Waals surface area contributed by atoms with Gasteiger partial charge in [0.2, 0.25) is 0 Å². The van der Waals surface area contributed by atoms with E-state index in [9.17, 15) is 5.21 Å². The molecule has 6 heteroatoms. The lowest BCUT2D eigenvalue weighted by Gasteiger charge is -2.21. The minimum absolute atomic E-state index is 0.298. The number of ether oxygens (including phenoxy) is 2. The van der Waals surface area contributed by atoms with Gasteiger partial charge in [0, 0.05) is 22.9 Å². The Kier molecular flexibility index (Phi) is 5.68. The lowest BCUT2D eigenvalue weighted by atomic mass is 10.2. The topological polar surface area (TPSA) is 54.0 Å². The van der Waals surface area contributed by atoms with Crippen molar-refractivity contribution in [3.8, 4) is 11.5 Å². The molecule has 2 N–H and O–H groups in total. The Morgan fingerprint density at radius 1 is 1.29 bits per heavy atom.